The fraction of sp³-hybridized carbons (Fsp3) is 0.357. The Morgan fingerprint density at radius 1 is 1.29 bits per heavy atom. The van der Waals surface area contributed by atoms with Gasteiger partial charge in [-0.25, -0.2) is 4.98 Å². The van der Waals surface area contributed by atoms with Crippen molar-refractivity contribution in [3.8, 4) is 11.3 Å². The Morgan fingerprint density at radius 2 is 2.06 bits per heavy atom. The summed E-state index contributed by atoms with van der Waals surface area (Å²) in [6.45, 7) is 7.16. The van der Waals surface area contributed by atoms with Gasteiger partial charge in [-0.3, -0.25) is 0 Å². The molecule has 0 aliphatic rings. The molecule has 2 rings (SSSR count). The molecule has 0 spiro atoms. The second-order valence-corrected chi connectivity index (χ2v) is 4.41. The van der Waals surface area contributed by atoms with Crippen molar-refractivity contribution in [3.63, 3.8) is 0 Å². The second kappa shape index (κ2) is 4.62. The van der Waals surface area contributed by atoms with E-state index in [0.717, 1.165) is 35.9 Å². The first-order chi connectivity index (χ1) is 8.13. The summed E-state index contributed by atoms with van der Waals surface area (Å²) in [6.07, 6.45) is 1.06. The Hall–Kier alpha value is -1.77. The summed E-state index contributed by atoms with van der Waals surface area (Å²) in [4.78, 5) is 4.58. The van der Waals surface area contributed by atoms with Crippen LogP contribution in [0.2, 0.25) is 0 Å². The fourth-order valence-corrected chi connectivity index (χ4v) is 2.09. The molecule has 0 saturated carbocycles. The topological polar surface area (TPSA) is 43.8 Å². The Labute approximate surface area is 102 Å². The molecule has 3 nitrogen and oxygen atoms in total. The number of rotatable bonds is 3. The molecule has 90 valence electrons. The summed E-state index contributed by atoms with van der Waals surface area (Å²) >= 11 is 0. The Morgan fingerprint density at radius 3 is 2.71 bits per heavy atom. The maximum absolute atomic E-state index is 6.17. The van der Waals surface area contributed by atoms with E-state index in [2.05, 4.69) is 41.6 Å². The number of anilines is 1. The van der Waals surface area contributed by atoms with Crippen LogP contribution in [0.4, 0.5) is 5.82 Å². The number of hydrogen-bond donors (Lipinski definition) is 1. The smallest absolute Gasteiger partial charge is 0.131 e. The number of nitrogens with two attached hydrogens (primary N) is 1. The van der Waals surface area contributed by atoms with E-state index in [1.807, 2.05) is 13.0 Å². The van der Waals surface area contributed by atoms with Gasteiger partial charge >= 0.3 is 0 Å². The van der Waals surface area contributed by atoms with Crippen LogP contribution in [-0.4, -0.2) is 9.55 Å². The van der Waals surface area contributed by atoms with E-state index >= 15 is 0 Å². The minimum absolute atomic E-state index is 0.773. The molecule has 0 fully saturated rings. The van der Waals surface area contributed by atoms with Crippen molar-refractivity contribution in [3.05, 3.63) is 35.7 Å². The lowest BCUT2D eigenvalue weighted by Gasteiger charge is -2.05. The van der Waals surface area contributed by atoms with Gasteiger partial charge in [0.05, 0.1) is 0 Å². The monoisotopic (exact) mass is 229 g/mol. The molecular formula is C14H19N3. The first kappa shape index (κ1) is 11.7. The largest absolute Gasteiger partial charge is 0.383 e. The molecule has 0 amide bonds. The molecule has 2 N–H and O–H groups in total. The summed E-state index contributed by atoms with van der Waals surface area (Å²) in [7, 11) is 0. The molecule has 3 heteroatoms. The van der Waals surface area contributed by atoms with Crippen LogP contribution in [-0.2, 0) is 6.54 Å². The molecule has 0 bridgehead atoms. The Bertz CT molecular complexity index is 526. The third-order valence-corrected chi connectivity index (χ3v) is 2.94. The van der Waals surface area contributed by atoms with Gasteiger partial charge < -0.3 is 10.3 Å². The Kier molecular flexibility index (Phi) is 3.18. The normalized spacial score (nSPS) is 10.8. The number of nitrogen functional groups attached to an aromatic ring is 1. The lowest BCUT2D eigenvalue weighted by molar-refractivity contribution is 0.665. The van der Waals surface area contributed by atoms with Crippen molar-refractivity contribution in [1.82, 2.24) is 9.55 Å². The zero-order valence-corrected chi connectivity index (χ0v) is 10.7. The van der Waals surface area contributed by atoms with E-state index in [1.54, 1.807) is 0 Å². The van der Waals surface area contributed by atoms with E-state index in [9.17, 15) is 0 Å². The molecule has 0 aliphatic carbocycles. The van der Waals surface area contributed by atoms with Gasteiger partial charge in [-0.2, -0.15) is 0 Å². The first-order valence-corrected chi connectivity index (χ1v) is 6.03. The highest BCUT2D eigenvalue weighted by atomic mass is 15.1. The van der Waals surface area contributed by atoms with Crippen molar-refractivity contribution < 1.29 is 0 Å². The molecule has 17 heavy (non-hydrogen) atoms. The lowest BCUT2D eigenvalue weighted by atomic mass is 10.1. The van der Waals surface area contributed by atoms with Crippen molar-refractivity contribution in [1.29, 1.82) is 0 Å². The average Bonchev–Trinajstić information content (AvgIpc) is 2.57. The molecule has 0 radical (unpaired) electrons. The molecule has 2 aromatic rings. The maximum Gasteiger partial charge on any atom is 0.131 e. The van der Waals surface area contributed by atoms with Crippen LogP contribution in [0.3, 0.4) is 0 Å². The quantitative estimate of drug-likeness (QED) is 0.878. The van der Waals surface area contributed by atoms with Crippen LogP contribution < -0.4 is 5.73 Å². The Balaban J connectivity index is 2.50. The highest BCUT2D eigenvalue weighted by Gasteiger charge is 2.12. The van der Waals surface area contributed by atoms with E-state index in [4.69, 9.17) is 5.73 Å². The van der Waals surface area contributed by atoms with Gasteiger partial charge in [-0.05, 0) is 26.3 Å². The van der Waals surface area contributed by atoms with Gasteiger partial charge in [-0.15, -0.1) is 0 Å². The summed E-state index contributed by atoms with van der Waals surface area (Å²) in [5, 5.41) is 0. The van der Waals surface area contributed by atoms with Crippen LogP contribution in [0.1, 0.15) is 24.7 Å². The summed E-state index contributed by atoms with van der Waals surface area (Å²) in [6, 6.07) is 8.30. The van der Waals surface area contributed by atoms with Crippen LogP contribution in [0.25, 0.3) is 11.3 Å². The second-order valence-electron chi connectivity index (χ2n) is 4.41. The van der Waals surface area contributed by atoms with E-state index in [0.29, 0.717) is 0 Å². The van der Waals surface area contributed by atoms with E-state index in [-0.39, 0.29) is 0 Å². The van der Waals surface area contributed by atoms with Crippen molar-refractivity contribution in [2.24, 2.45) is 0 Å². The van der Waals surface area contributed by atoms with Gasteiger partial charge in [0, 0.05) is 12.1 Å². The molecule has 0 saturated heterocycles. The van der Waals surface area contributed by atoms with Crippen LogP contribution in [0, 0.1) is 13.8 Å². The van der Waals surface area contributed by atoms with Crippen molar-refractivity contribution >= 4 is 5.82 Å². The number of hydrogen-bond acceptors (Lipinski definition) is 2. The van der Waals surface area contributed by atoms with Gasteiger partial charge in [-0.1, -0.05) is 30.7 Å². The number of aromatic nitrogens is 2. The predicted octanol–water partition coefficient (Wildman–Crippen LogP) is 3.16. The summed E-state index contributed by atoms with van der Waals surface area (Å²) < 4.78 is 2.08. The third-order valence-electron chi connectivity index (χ3n) is 2.94. The molecule has 0 aliphatic heterocycles. The number of nitrogens with zero attached hydrogens (tertiary/aromatic N) is 2. The summed E-state index contributed by atoms with van der Waals surface area (Å²) in [5.41, 5.74) is 9.40. The standard InChI is InChI=1S/C14H19N3/c1-4-8-17-11(3)16-13(14(17)15)12-7-5-6-10(2)9-12/h5-7,9H,4,8,15H2,1-3H3. The van der Waals surface area contributed by atoms with E-state index < -0.39 is 0 Å². The average molecular weight is 229 g/mol. The minimum atomic E-state index is 0.773. The number of benzene rings is 1. The van der Waals surface area contributed by atoms with Crippen LogP contribution in [0.15, 0.2) is 24.3 Å². The maximum atomic E-state index is 6.17. The van der Waals surface area contributed by atoms with Crippen molar-refractivity contribution in [2.75, 3.05) is 5.73 Å². The highest BCUT2D eigenvalue weighted by molar-refractivity contribution is 5.71. The van der Waals surface area contributed by atoms with Gasteiger partial charge in [0.1, 0.15) is 17.3 Å². The zero-order chi connectivity index (χ0) is 12.4. The summed E-state index contributed by atoms with van der Waals surface area (Å²) in [5.74, 6) is 1.76. The molecule has 0 unspecified atom stereocenters. The zero-order valence-electron chi connectivity index (χ0n) is 10.7. The van der Waals surface area contributed by atoms with Gasteiger partial charge in [0.25, 0.3) is 0 Å². The molecule has 1 aromatic carbocycles. The SMILES string of the molecule is CCCn1c(C)nc(-c2cccc(C)c2)c1N. The van der Waals surface area contributed by atoms with Crippen LogP contribution >= 0.6 is 0 Å². The van der Waals surface area contributed by atoms with Crippen LogP contribution in [0.5, 0.6) is 0 Å². The minimum Gasteiger partial charge on any atom is -0.383 e. The van der Waals surface area contributed by atoms with Gasteiger partial charge in [0.2, 0.25) is 0 Å². The molecule has 1 aromatic heterocycles. The fourth-order valence-electron chi connectivity index (χ4n) is 2.09. The predicted molar refractivity (Wildman–Crippen MR) is 71.8 cm³/mol. The molecular weight excluding hydrogens is 210 g/mol. The highest BCUT2D eigenvalue weighted by Crippen LogP contribution is 2.26. The van der Waals surface area contributed by atoms with Crippen molar-refractivity contribution in [2.45, 2.75) is 33.7 Å². The molecule has 1 heterocycles. The number of imidazole rings is 1. The van der Waals surface area contributed by atoms with Gasteiger partial charge in [0.15, 0.2) is 0 Å². The number of aryl methyl sites for hydroxylation is 2. The first-order valence-electron chi connectivity index (χ1n) is 6.03. The van der Waals surface area contributed by atoms with E-state index in [1.165, 1.54) is 5.56 Å². The third kappa shape index (κ3) is 2.18. The lowest BCUT2D eigenvalue weighted by Crippen LogP contribution is -2.04. The molecule has 0 atom stereocenters.